The van der Waals surface area contributed by atoms with Crippen molar-refractivity contribution in [2.75, 3.05) is 45.3 Å². The normalized spacial score (nSPS) is 25.7. The van der Waals surface area contributed by atoms with Crippen LogP contribution in [0.1, 0.15) is 38.2 Å². The Morgan fingerprint density at radius 1 is 1.16 bits per heavy atom. The summed E-state index contributed by atoms with van der Waals surface area (Å²) < 4.78 is 5.44. The molecule has 6 heteroatoms. The van der Waals surface area contributed by atoms with Crippen LogP contribution in [-0.4, -0.2) is 57.0 Å². The first kappa shape index (κ1) is 21.6. The fourth-order valence-electron chi connectivity index (χ4n) is 5.06. The van der Waals surface area contributed by atoms with Gasteiger partial charge in [0.25, 0.3) is 0 Å². The number of nitrogens with zero attached hydrogens (tertiary/aromatic N) is 2. The monoisotopic (exact) mass is 423 g/mol. The van der Waals surface area contributed by atoms with Crippen LogP contribution in [0.3, 0.4) is 0 Å². The number of carbonyl (C=O) groups is 2. The molecule has 1 aliphatic carbocycles. The molecule has 166 valence electrons. The van der Waals surface area contributed by atoms with Crippen molar-refractivity contribution in [1.29, 1.82) is 0 Å². The van der Waals surface area contributed by atoms with Crippen molar-refractivity contribution in [3.63, 3.8) is 0 Å². The quantitative estimate of drug-likeness (QED) is 0.810. The molecule has 4 rings (SSSR count). The number of benzene rings is 1. The van der Waals surface area contributed by atoms with E-state index in [0.29, 0.717) is 38.4 Å². The smallest absolute Gasteiger partial charge is 0.232 e. The van der Waals surface area contributed by atoms with Crippen molar-refractivity contribution in [2.45, 2.75) is 32.6 Å². The summed E-state index contributed by atoms with van der Waals surface area (Å²) in [6.07, 6.45) is 1.27. The SMILES string of the molecule is C=C1NC2=C(C(=O)CC(C)(C)C2)C(c2ccc(N(C)C)cc2)C1C(=O)N1CCOCC1. The Balaban J connectivity index is 1.80. The molecule has 2 aliphatic heterocycles. The van der Waals surface area contributed by atoms with E-state index in [9.17, 15) is 9.59 Å². The highest BCUT2D eigenvalue weighted by Gasteiger charge is 2.47. The van der Waals surface area contributed by atoms with Gasteiger partial charge in [0.05, 0.1) is 19.1 Å². The van der Waals surface area contributed by atoms with Gasteiger partial charge in [-0.15, -0.1) is 0 Å². The van der Waals surface area contributed by atoms with Crippen LogP contribution >= 0.6 is 0 Å². The zero-order chi connectivity index (χ0) is 22.3. The maximum atomic E-state index is 13.7. The number of anilines is 1. The third kappa shape index (κ3) is 4.13. The molecule has 1 saturated heterocycles. The highest BCUT2D eigenvalue weighted by Crippen LogP contribution is 2.48. The predicted octanol–water partition coefficient (Wildman–Crippen LogP) is 3.07. The average molecular weight is 424 g/mol. The highest BCUT2D eigenvalue weighted by molar-refractivity contribution is 6.01. The van der Waals surface area contributed by atoms with E-state index in [2.05, 4.69) is 37.9 Å². The molecule has 1 amide bonds. The van der Waals surface area contributed by atoms with Crippen LogP contribution in [0, 0.1) is 11.3 Å². The van der Waals surface area contributed by atoms with E-state index in [-0.39, 0.29) is 23.0 Å². The van der Waals surface area contributed by atoms with E-state index in [1.807, 2.05) is 36.0 Å². The molecule has 31 heavy (non-hydrogen) atoms. The predicted molar refractivity (Wildman–Crippen MR) is 122 cm³/mol. The second kappa shape index (κ2) is 8.15. The van der Waals surface area contributed by atoms with Gasteiger partial charge in [-0.3, -0.25) is 9.59 Å². The number of rotatable bonds is 3. The Hall–Kier alpha value is -2.60. The first-order valence-corrected chi connectivity index (χ1v) is 11.0. The van der Waals surface area contributed by atoms with Crippen LogP contribution in [0.5, 0.6) is 0 Å². The molecule has 1 aromatic rings. The lowest BCUT2D eigenvalue weighted by molar-refractivity contribution is -0.139. The van der Waals surface area contributed by atoms with E-state index in [4.69, 9.17) is 4.74 Å². The molecule has 0 aromatic heterocycles. The second-order valence-electron chi connectivity index (χ2n) is 9.86. The van der Waals surface area contributed by atoms with E-state index >= 15 is 0 Å². The summed E-state index contributed by atoms with van der Waals surface area (Å²) in [5.41, 5.74) is 4.33. The number of hydrogen-bond acceptors (Lipinski definition) is 5. The standard InChI is InChI=1S/C25H33N3O3/c1-16-21(24(30)28-10-12-31-13-11-28)22(17-6-8-18(9-7-17)27(4)5)23-19(26-16)14-25(2,3)15-20(23)29/h6-9,21-22,26H,1,10-15H2,2-5H3. The number of allylic oxidation sites excluding steroid dienone is 2. The summed E-state index contributed by atoms with van der Waals surface area (Å²) in [5.74, 6) is -0.675. The molecule has 2 atom stereocenters. The number of ether oxygens (including phenoxy) is 1. The molecular weight excluding hydrogens is 390 g/mol. The molecule has 0 bridgehead atoms. The number of amides is 1. The Kier molecular flexibility index (Phi) is 5.69. The van der Waals surface area contributed by atoms with Crippen LogP contribution in [0.2, 0.25) is 0 Å². The molecule has 1 fully saturated rings. The maximum Gasteiger partial charge on any atom is 0.232 e. The summed E-state index contributed by atoms with van der Waals surface area (Å²) >= 11 is 0. The summed E-state index contributed by atoms with van der Waals surface area (Å²) in [5, 5.41) is 3.38. The van der Waals surface area contributed by atoms with Crippen molar-refractivity contribution in [1.82, 2.24) is 10.2 Å². The number of nitrogens with one attached hydrogen (secondary N) is 1. The first-order valence-electron chi connectivity index (χ1n) is 11.0. The Morgan fingerprint density at radius 3 is 2.42 bits per heavy atom. The first-order chi connectivity index (χ1) is 14.7. The average Bonchev–Trinajstić information content (AvgIpc) is 2.72. The lowest BCUT2D eigenvalue weighted by Crippen LogP contribution is -2.50. The molecule has 0 spiro atoms. The van der Waals surface area contributed by atoms with Gasteiger partial charge in [0, 0.05) is 62.2 Å². The van der Waals surface area contributed by atoms with Gasteiger partial charge in [0.2, 0.25) is 5.91 Å². The lowest BCUT2D eigenvalue weighted by Gasteiger charge is -2.44. The second-order valence-corrected chi connectivity index (χ2v) is 9.86. The fourth-order valence-corrected chi connectivity index (χ4v) is 5.06. The molecule has 2 unspecified atom stereocenters. The molecule has 2 heterocycles. The van der Waals surface area contributed by atoms with Gasteiger partial charge < -0.3 is 19.9 Å². The van der Waals surface area contributed by atoms with E-state index in [0.717, 1.165) is 28.9 Å². The van der Waals surface area contributed by atoms with Crippen LogP contribution in [0.4, 0.5) is 5.69 Å². The topological polar surface area (TPSA) is 61.9 Å². The van der Waals surface area contributed by atoms with Crippen molar-refractivity contribution in [3.05, 3.63) is 53.4 Å². The molecule has 0 saturated carbocycles. The number of ketones is 1. The fraction of sp³-hybridized carbons (Fsp3) is 0.520. The van der Waals surface area contributed by atoms with Gasteiger partial charge in [-0.25, -0.2) is 0 Å². The van der Waals surface area contributed by atoms with Gasteiger partial charge in [-0.05, 0) is 29.5 Å². The van der Waals surface area contributed by atoms with Crippen LogP contribution < -0.4 is 10.2 Å². The lowest BCUT2D eigenvalue weighted by atomic mass is 9.66. The van der Waals surface area contributed by atoms with Crippen molar-refractivity contribution < 1.29 is 14.3 Å². The third-order valence-electron chi connectivity index (χ3n) is 6.61. The molecule has 1 N–H and O–H groups in total. The number of morpholine rings is 1. The van der Waals surface area contributed by atoms with Gasteiger partial charge >= 0.3 is 0 Å². The van der Waals surface area contributed by atoms with E-state index in [1.54, 1.807) is 0 Å². The van der Waals surface area contributed by atoms with E-state index in [1.165, 1.54) is 0 Å². The highest BCUT2D eigenvalue weighted by atomic mass is 16.5. The van der Waals surface area contributed by atoms with Crippen LogP contribution in [0.15, 0.2) is 47.8 Å². The number of hydrogen-bond donors (Lipinski definition) is 1. The third-order valence-corrected chi connectivity index (χ3v) is 6.61. The Bertz CT molecular complexity index is 924. The zero-order valence-electron chi connectivity index (χ0n) is 19.0. The van der Waals surface area contributed by atoms with Crippen LogP contribution in [-0.2, 0) is 14.3 Å². The molecule has 3 aliphatic rings. The Morgan fingerprint density at radius 2 is 1.81 bits per heavy atom. The van der Waals surface area contributed by atoms with Crippen LogP contribution in [0.25, 0.3) is 0 Å². The van der Waals surface area contributed by atoms with E-state index < -0.39 is 5.92 Å². The zero-order valence-corrected chi connectivity index (χ0v) is 19.0. The minimum Gasteiger partial charge on any atom is -0.378 e. The van der Waals surface area contributed by atoms with Gasteiger partial charge in [-0.1, -0.05) is 32.6 Å². The Labute approximate surface area is 184 Å². The van der Waals surface area contributed by atoms with Gasteiger partial charge in [0.1, 0.15) is 0 Å². The van der Waals surface area contributed by atoms with Crippen molar-refractivity contribution in [3.8, 4) is 0 Å². The van der Waals surface area contributed by atoms with Gasteiger partial charge in [-0.2, -0.15) is 0 Å². The van der Waals surface area contributed by atoms with Crippen molar-refractivity contribution in [2.24, 2.45) is 11.3 Å². The number of carbonyl (C=O) groups excluding carboxylic acids is 2. The summed E-state index contributed by atoms with van der Waals surface area (Å²) in [6, 6.07) is 8.20. The largest absolute Gasteiger partial charge is 0.378 e. The maximum absolute atomic E-state index is 13.7. The minimum atomic E-state index is -0.507. The summed E-state index contributed by atoms with van der Waals surface area (Å²) in [7, 11) is 4.00. The molecular formula is C25H33N3O3. The van der Waals surface area contributed by atoms with Crippen molar-refractivity contribution >= 4 is 17.4 Å². The molecule has 0 radical (unpaired) electrons. The molecule has 6 nitrogen and oxygen atoms in total. The van der Waals surface area contributed by atoms with Gasteiger partial charge in [0.15, 0.2) is 5.78 Å². The number of Topliss-reactive ketones (excluding diaryl/α,β-unsaturated/α-hetero) is 1. The minimum absolute atomic E-state index is 0.0201. The molecule has 1 aromatic carbocycles. The summed E-state index contributed by atoms with van der Waals surface area (Å²) in [6.45, 7) is 10.7. The summed E-state index contributed by atoms with van der Waals surface area (Å²) in [4.78, 5) is 30.9.